The second-order valence-corrected chi connectivity index (χ2v) is 6.10. The van der Waals surface area contributed by atoms with E-state index in [1.807, 2.05) is 38.1 Å². The zero-order chi connectivity index (χ0) is 13.9. The van der Waals surface area contributed by atoms with Gasteiger partial charge in [-0.3, -0.25) is 0 Å². The average Bonchev–Trinajstić information content (AvgIpc) is 2.85. The van der Waals surface area contributed by atoms with Crippen LogP contribution < -0.4 is 5.32 Å². The molecule has 7 heteroatoms. The van der Waals surface area contributed by atoms with E-state index >= 15 is 0 Å². The molecule has 0 bridgehead atoms. The van der Waals surface area contributed by atoms with Crippen molar-refractivity contribution in [2.75, 3.05) is 11.9 Å². The summed E-state index contributed by atoms with van der Waals surface area (Å²) in [6.45, 7) is 4.71. The molecule has 2 heterocycles. The van der Waals surface area contributed by atoms with E-state index < -0.39 is 0 Å². The maximum atomic E-state index is 4.57. The minimum absolute atomic E-state index is 0.648. The van der Waals surface area contributed by atoms with Gasteiger partial charge in [0.2, 0.25) is 5.95 Å². The number of nitrogens with one attached hydrogen (secondary N) is 1. The van der Waals surface area contributed by atoms with Crippen LogP contribution in [0.1, 0.15) is 12.7 Å². The van der Waals surface area contributed by atoms with Crippen LogP contribution in [-0.2, 0) is 0 Å². The van der Waals surface area contributed by atoms with Crippen molar-refractivity contribution >= 4 is 40.1 Å². The van der Waals surface area contributed by atoms with E-state index in [0.29, 0.717) is 5.95 Å². The highest BCUT2D eigenvalue weighted by Gasteiger charge is 2.11. The van der Waals surface area contributed by atoms with Crippen molar-refractivity contribution in [3.63, 3.8) is 0 Å². The normalized spacial score (nSPS) is 10.9. The second kappa shape index (κ2) is 5.72. The number of aromatic nitrogens is 4. The van der Waals surface area contributed by atoms with E-state index in [9.17, 15) is 0 Å². The molecule has 102 valence electrons. The molecule has 0 radical (unpaired) electrons. The molecule has 0 saturated heterocycles. The first-order valence-electron chi connectivity index (χ1n) is 6.25. The first-order chi connectivity index (χ1) is 9.76. The molecule has 5 nitrogen and oxygen atoms in total. The van der Waals surface area contributed by atoms with Gasteiger partial charge in [0, 0.05) is 11.9 Å². The van der Waals surface area contributed by atoms with Crippen molar-refractivity contribution < 1.29 is 0 Å². The van der Waals surface area contributed by atoms with Gasteiger partial charge < -0.3 is 5.32 Å². The van der Waals surface area contributed by atoms with E-state index in [1.165, 1.54) is 23.3 Å². The second-order valence-electron chi connectivity index (χ2n) is 4.11. The Balaban J connectivity index is 2.06. The monoisotopic (exact) mass is 303 g/mol. The van der Waals surface area contributed by atoms with Gasteiger partial charge in [0.05, 0.1) is 5.52 Å². The maximum Gasteiger partial charge on any atom is 0.224 e. The van der Waals surface area contributed by atoms with Crippen LogP contribution in [0.3, 0.4) is 0 Å². The Labute approximate surface area is 125 Å². The molecule has 3 aromatic rings. The lowest BCUT2D eigenvalue weighted by atomic mass is 10.2. The summed E-state index contributed by atoms with van der Waals surface area (Å²) in [5.74, 6) is 1.44. The zero-order valence-corrected chi connectivity index (χ0v) is 12.8. The molecule has 0 aliphatic heterocycles. The van der Waals surface area contributed by atoms with Crippen LogP contribution in [0, 0.1) is 6.92 Å². The standard InChI is InChI=1S/C13H13N5S2/c1-3-14-12-16-10-7-5-4-6-9(10)11(17-12)19-13-15-8(2)18-20-13/h4-7H,3H2,1-2H3,(H,14,16,17). The molecule has 0 fully saturated rings. The van der Waals surface area contributed by atoms with Gasteiger partial charge in [-0.25, -0.2) is 15.0 Å². The summed E-state index contributed by atoms with van der Waals surface area (Å²) in [7, 11) is 0. The van der Waals surface area contributed by atoms with Gasteiger partial charge in [-0.15, -0.1) is 0 Å². The molecule has 20 heavy (non-hydrogen) atoms. The van der Waals surface area contributed by atoms with E-state index in [2.05, 4.69) is 24.6 Å². The van der Waals surface area contributed by atoms with Crippen molar-refractivity contribution in [2.24, 2.45) is 0 Å². The molecule has 0 aliphatic rings. The highest BCUT2D eigenvalue weighted by atomic mass is 32.2. The third-order valence-corrected chi connectivity index (χ3v) is 4.44. The van der Waals surface area contributed by atoms with Crippen LogP contribution in [0.4, 0.5) is 5.95 Å². The molecule has 0 aliphatic carbocycles. The molecule has 2 aromatic heterocycles. The van der Waals surface area contributed by atoms with Crippen molar-refractivity contribution in [3.05, 3.63) is 30.1 Å². The summed E-state index contributed by atoms with van der Waals surface area (Å²) < 4.78 is 5.10. The van der Waals surface area contributed by atoms with Crippen molar-refractivity contribution in [1.82, 2.24) is 19.3 Å². The topological polar surface area (TPSA) is 63.6 Å². The predicted octanol–water partition coefficient (Wildman–Crippen LogP) is 3.37. The predicted molar refractivity (Wildman–Crippen MR) is 82.5 cm³/mol. The van der Waals surface area contributed by atoms with Crippen molar-refractivity contribution in [1.29, 1.82) is 0 Å². The Morgan fingerprint density at radius 3 is 2.80 bits per heavy atom. The molecule has 0 saturated carbocycles. The van der Waals surface area contributed by atoms with Crippen LogP contribution >= 0.6 is 23.3 Å². The van der Waals surface area contributed by atoms with Gasteiger partial charge in [-0.2, -0.15) is 4.37 Å². The fourth-order valence-electron chi connectivity index (χ4n) is 1.76. The van der Waals surface area contributed by atoms with Crippen molar-refractivity contribution in [2.45, 2.75) is 23.2 Å². The van der Waals surface area contributed by atoms with Crippen LogP contribution in [0.2, 0.25) is 0 Å². The van der Waals surface area contributed by atoms with Crippen LogP contribution in [-0.4, -0.2) is 25.9 Å². The van der Waals surface area contributed by atoms with Gasteiger partial charge in [0.25, 0.3) is 0 Å². The van der Waals surface area contributed by atoms with Crippen LogP contribution in [0.5, 0.6) is 0 Å². The molecule has 1 N–H and O–H groups in total. The number of rotatable bonds is 4. The van der Waals surface area contributed by atoms with Gasteiger partial charge in [0.15, 0.2) is 4.34 Å². The van der Waals surface area contributed by atoms with E-state index in [4.69, 9.17) is 0 Å². The summed E-state index contributed by atoms with van der Waals surface area (Å²) in [5.41, 5.74) is 0.933. The number of benzene rings is 1. The van der Waals surface area contributed by atoms with Gasteiger partial charge >= 0.3 is 0 Å². The molecule has 1 aromatic carbocycles. The number of aryl methyl sites for hydroxylation is 1. The Bertz CT molecular complexity index is 740. The number of nitrogens with zero attached hydrogens (tertiary/aromatic N) is 4. The minimum Gasteiger partial charge on any atom is -0.354 e. The number of hydrogen-bond acceptors (Lipinski definition) is 7. The fourth-order valence-corrected chi connectivity index (χ4v) is 3.44. The smallest absolute Gasteiger partial charge is 0.224 e. The van der Waals surface area contributed by atoms with Crippen LogP contribution in [0.15, 0.2) is 33.6 Å². The summed E-state index contributed by atoms with van der Waals surface area (Å²) in [4.78, 5) is 13.5. The summed E-state index contributed by atoms with van der Waals surface area (Å²) in [6.07, 6.45) is 0. The first kappa shape index (κ1) is 13.3. The number of hydrogen-bond donors (Lipinski definition) is 1. The molecule has 0 unspecified atom stereocenters. The molecule has 0 atom stereocenters. The Kier molecular flexibility index (Phi) is 3.79. The minimum atomic E-state index is 0.648. The number of anilines is 1. The summed E-state index contributed by atoms with van der Waals surface area (Å²) >= 11 is 2.92. The molecular formula is C13H13N5S2. The number of para-hydroxylation sites is 1. The molecule has 3 rings (SSSR count). The quantitative estimate of drug-likeness (QED) is 0.746. The molecule has 0 spiro atoms. The summed E-state index contributed by atoms with van der Waals surface area (Å²) in [5, 5.41) is 5.10. The summed E-state index contributed by atoms with van der Waals surface area (Å²) in [6, 6.07) is 8.00. The first-order valence-corrected chi connectivity index (χ1v) is 7.84. The van der Waals surface area contributed by atoms with E-state index in [1.54, 1.807) is 0 Å². The third kappa shape index (κ3) is 2.73. The van der Waals surface area contributed by atoms with Crippen molar-refractivity contribution in [3.8, 4) is 0 Å². The van der Waals surface area contributed by atoms with Gasteiger partial charge in [-0.1, -0.05) is 18.2 Å². The number of fused-ring (bicyclic) bond motifs is 1. The highest BCUT2D eigenvalue weighted by Crippen LogP contribution is 2.33. The largest absolute Gasteiger partial charge is 0.354 e. The third-order valence-electron chi connectivity index (χ3n) is 2.60. The lowest BCUT2D eigenvalue weighted by molar-refractivity contribution is 1.05. The SMILES string of the molecule is CCNc1nc(Sc2nc(C)ns2)c2ccccc2n1. The maximum absolute atomic E-state index is 4.57. The lowest BCUT2D eigenvalue weighted by Crippen LogP contribution is -2.03. The molecular weight excluding hydrogens is 290 g/mol. The average molecular weight is 303 g/mol. The zero-order valence-electron chi connectivity index (χ0n) is 11.1. The van der Waals surface area contributed by atoms with E-state index in [-0.39, 0.29) is 0 Å². The Morgan fingerprint density at radius 1 is 1.20 bits per heavy atom. The highest BCUT2D eigenvalue weighted by molar-refractivity contribution is 8.01. The van der Waals surface area contributed by atoms with E-state index in [0.717, 1.165) is 32.6 Å². The Hall–Kier alpha value is -1.73. The van der Waals surface area contributed by atoms with Gasteiger partial charge in [0.1, 0.15) is 10.9 Å². The van der Waals surface area contributed by atoms with Crippen LogP contribution in [0.25, 0.3) is 10.9 Å². The van der Waals surface area contributed by atoms with Gasteiger partial charge in [-0.05, 0) is 43.2 Å². The molecule has 0 amide bonds. The fraction of sp³-hybridized carbons (Fsp3) is 0.231. The lowest BCUT2D eigenvalue weighted by Gasteiger charge is -2.07. The Morgan fingerprint density at radius 2 is 2.05 bits per heavy atom.